The highest BCUT2D eigenvalue weighted by atomic mass is 32.1. The highest BCUT2D eigenvalue weighted by Crippen LogP contribution is 2.51. The van der Waals surface area contributed by atoms with Crippen LogP contribution in [0.3, 0.4) is 0 Å². The first-order valence-corrected chi connectivity index (χ1v) is 21.2. The molecule has 280 valence electrons. The molecule has 0 spiro atoms. The zero-order valence-electron chi connectivity index (χ0n) is 33.1. The highest BCUT2D eigenvalue weighted by molar-refractivity contribution is 7.26. The van der Waals surface area contributed by atoms with Crippen LogP contribution in [0, 0.1) is 0 Å². The first-order chi connectivity index (χ1) is 29.0. The predicted molar refractivity (Wildman–Crippen MR) is 253 cm³/mol. The van der Waals surface area contributed by atoms with E-state index in [1.165, 1.54) is 86.9 Å². The lowest BCUT2D eigenvalue weighted by molar-refractivity contribution is 0.660. The lowest BCUT2D eigenvalue weighted by Crippen LogP contribution is -2.16. The zero-order valence-corrected chi connectivity index (χ0v) is 33.9. The Morgan fingerprint density at radius 3 is 1.49 bits per heavy atom. The summed E-state index contributed by atoms with van der Waals surface area (Å²) in [7, 11) is 0. The molecule has 1 aliphatic carbocycles. The summed E-state index contributed by atoms with van der Waals surface area (Å²) in [5, 5.41) is 2.61. The molecule has 0 unspecified atom stereocenters. The van der Waals surface area contributed by atoms with Gasteiger partial charge in [0, 0.05) is 48.2 Å². The molecule has 0 N–H and O–H groups in total. The van der Waals surface area contributed by atoms with Crippen LogP contribution in [0.4, 0.5) is 17.1 Å². The SMILES string of the molecule is CC1(C)c2ccccc2-c2ccc(N(c3ccc(-c4ccccc4)cc3)c3ccc(-c4cc(-c5ccc(-c6ccccc6)cc5)cc5c4sc4ccccc45)cc3)cc21. The number of fused-ring (bicyclic) bond motifs is 6. The smallest absolute Gasteiger partial charge is 0.0465 e. The fraction of sp³-hybridized carbons (Fsp3) is 0.0526. The summed E-state index contributed by atoms with van der Waals surface area (Å²) in [6.45, 7) is 4.71. The number of nitrogens with zero attached hydrogens (tertiary/aromatic N) is 1. The molecule has 11 rings (SSSR count). The van der Waals surface area contributed by atoms with Gasteiger partial charge in [-0.15, -0.1) is 11.3 Å². The molecular formula is C57H41NS. The Morgan fingerprint density at radius 2 is 0.831 bits per heavy atom. The summed E-state index contributed by atoms with van der Waals surface area (Å²) in [6, 6.07) is 78.0. The summed E-state index contributed by atoms with van der Waals surface area (Å²) in [5.74, 6) is 0. The quantitative estimate of drug-likeness (QED) is 0.156. The van der Waals surface area contributed by atoms with Gasteiger partial charge in [-0.2, -0.15) is 0 Å². The maximum Gasteiger partial charge on any atom is 0.0465 e. The van der Waals surface area contributed by atoms with Gasteiger partial charge in [0.1, 0.15) is 0 Å². The molecule has 0 bridgehead atoms. The topological polar surface area (TPSA) is 3.24 Å². The highest BCUT2D eigenvalue weighted by Gasteiger charge is 2.35. The van der Waals surface area contributed by atoms with Crippen molar-refractivity contribution in [2.24, 2.45) is 0 Å². The summed E-state index contributed by atoms with van der Waals surface area (Å²) in [5.41, 5.74) is 18.5. The second-order valence-electron chi connectivity index (χ2n) is 16.1. The van der Waals surface area contributed by atoms with Gasteiger partial charge < -0.3 is 4.90 Å². The van der Waals surface area contributed by atoms with Gasteiger partial charge in [-0.1, -0.05) is 172 Å². The molecule has 0 fully saturated rings. The fourth-order valence-corrected chi connectivity index (χ4v) is 10.4. The number of benzene rings is 9. The molecule has 1 heterocycles. The summed E-state index contributed by atoms with van der Waals surface area (Å²) in [4.78, 5) is 2.41. The van der Waals surface area contributed by atoms with Gasteiger partial charge in [-0.05, 0) is 116 Å². The first-order valence-electron chi connectivity index (χ1n) is 20.4. The number of hydrogen-bond acceptors (Lipinski definition) is 2. The van der Waals surface area contributed by atoms with Crippen molar-refractivity contribution in [2.45, 2.75) is 19.3 Å². The molecule has 1 nitrogen and oxygen atoms in total. The third-order valence-electron chi connectivity index (χ3n) is 12.3. The van der Waals surface area contributed by atoms with Gasteiger partial charge in [0.15, 0.2) is 0 Å². The van der Waals surface area contributed by atoms with Crippen molar-refractivity contribution in [3.8, 4) is 55.6 Å². The van der Waals surface area contributed by atoms with Gasteiger partial charge in [0.05, 0.1) is 0 Å². The molecule has 0 atom stereocenters. The van der Waals surface area contributed by atoms with Crippen molar-refractivity contribution < 1.29 is 0 Å². The Morgan fingerprint density at radius 1 is 0.339 bits per heavy atom. The van der Waals surface area contributed by atoms with Crippen LogP contribution in [0.1, 0.15) is 25.0 Å². The van der Waals surface area contributed by atoms with E-state index in [9.17, 15) is 0 Å². The molecule has 0 radical (unpaired) electrons. The minimum Gasteiger partial charge on any atom is -0.310 e. The van der Waals surface area contributed by atoms with Crippen molar-refractivity contribution in [1.29, 1.82) is 0 Å². The van der Waals surface area contributed by atoms with Crippen LogP contribution in [-0.2, 0) is 5.41 Å². The van der Waals surface area contributed by atoms with E-state index in [0.717, 1.165) is 17.1 Å². The molecule has 9 aromatic carbocycles. The zero-order chi connectivity index (χ0) is 39.5. The van der Waals surface area contributed by atoms with Crippen molar-refractivity contribution in [3.63, 3.8) is 0 Å². The van der Waals surface area contributed by atoms with Gasteiger partial charge in [-0.25, -0.2) is 0 Å². The maximum atomic E-state index is 2.42. The minimum absolute atomic E-state index is 0.100. The van der Waals surface area contributed by atoms with E-state index in [1.54, 1.807) is 0 Å². The van der Waals surface area contributed by atoms with Gasteiger partial charge in [0.2, 0.25) is 0 Å². The third kappa shape index (κ3) is 6.07. The van der Waals surface area contributed by atoms with Crippen LogP contribution < -0.4 is 4.90 Å². The number of rotatable bonds is 7. The normalized spacial score (nSPS) is 12.7. The van der Waals surface area contributed by atoms with Crippen molar-refractivity contribution in [1.82, 2.24) is 0 Å². The van der Waals surface area contributed by atoms with Crippen molar-refractivity contribution >= 4 is 48.6 Å². The molecule has 0 aliphatic heterocycles. The molecule has 59 heavy (non-hydrogen) atoms. The van der Waals surface area contributed by atoms with E-state index in [-0.39, 0.29) is 5.41 Å². The summed E-state index contributed by atoms with van der Waals surface area (Å²) >= 11 is 1.89. The Bertz CT molecular complexity index is 3140. The molecule has 10 aromatic rings. The van der Waals surface area contributed by atoms with Crippen molar-refractivity contribution in [3.05, 3.63) is 223 Å². The van der Waals surface area contributed by atoms with Crippen LogP contribution in [0.25, 0.3) is 75.8 Å². The summed E-state index contributed by atoms with van der Waals surface area (Å²) in [6.07, 6.45) is 0. The Balaban J connectivity index is 1.03. The lowest BCUT2D eigenvalue weighted by Gasteiger charge is -2.28. The first kappa shape index (κ1) is 35.2. The van der Waals surface area contributed by atoms with E-state index in [2.05, 4.69) is 231 Å². The molecule has 0 saturated carbocycles. The largest absolute Gasteiger partial charge is 0.310 e. The standard InChI is InChI=1S/C57H41NS/c1-57(2)53-19-11-9-17-48(53)49-34-33-47(37-54(49)57)58(45-29-25-41(26-30-45)39-15-7-4-8-16-39)46-31-27-43(28-32-46)51-35-44(36-52-50-18-10-12-20-55(50)59-56(51)52)42-23-21-40(22-24-42)38-13-5-3-6-14-38/h3-37H,1-2H3. The van der Waals surface area contributed by atoms with E-state index < -0.39 is 0 Å². The number of hydrogen-bond donors (Lipinski definition) is 0. The third-order valence-corrected chi connectivity index (χ3v) is 13.5. The predicted octanol–water partition coefficient (Wildman–Crippen LogP) is 16.5. The fourth-order valence-electron chi connectivity index (χ4n) is 9.20. The second kappa shape index (κ2) is 14.1. The van der Waals surface area contributed by atoms with Crippen LogP contribution in [0.5, 0.6) is 0 Å². The Hall–Kier alpha value is -7.00. The van der Waals surface area contributed by atoms with Gasteiger partial charge in [-0.3, -0.25) is 0 Å². The number of thiophene rings is 1. The molecule has 1 aromatic heterocycles. The van der Waals surface area contributed by atoms with Crippen LogP contribution in [-0.4, -0.2) is 0 Å². The Labute approximate surface area is 350 Å². The molecule has 0 saturated heterocycles. The average Bonchev–Trinajstić information content (AvgIpc) is 3.79. The second-order valence-corrected chi connectivity index (χ2v) is 17.2. The maximum absolute atomic E-state index is 2.42. The van der Waals surface area contributed by atoms with Crippen LogP contribution in [0.2, 0.25) is 0 Å². The van der Waals surface area contributed by atoms with Crippen molar-refractivity contribution in [2.75, 3.05) is 4.90 Å². The van der Waals surface area contributed by atoms with Crippen LogP contribution >= 0.6 is 11.3 Å². The van der Waals surface area contributed by atoms with Gasteiger partial charge in [0.25, 0.3) is 0 Å². The lowest BCUT2D eigenvalue weighted by atomic mass is 9.82. The Kier molecular flexibility index (Phi) is 8.43. The van der Waals surface area contributed by atoms with E-state index in [4.69, 9.17) is 0 Å². The summed E-state index contributed by atoms with van der Waals surface area (Å²) < 4.78 is 2.63. The van der Waals surface area contributed by atoms with E-state index in [0.29, 0.717) is 0 Å². The van der Waals surface area contributed by atoms with E-state index >= 15 is 0 Å². The average molecular weight is 772 g/mol. The molecule has 0 amide bonds. The van der Waals surface area contributed by atoms with Gasteiger partial charge >= 0.3 is 0 Å². The minimum atomic E-state index is -0.100. The molecule has 1 aliphatic rings. The van der Waals surface area contributed by atoms with Crippen LogP contribution in [0.15, 0.2) is 212 Å². The number of anilines is 3. The monoisotopic (exact) mass is 771 g/mol. The molecule has 2 heteroatoms. The van der Waals surface area contributed by atoms with E-state index in [1.807, 2.05) is 11.3 Å². The molecular weight excluding hydrogens is 731 g/mol.